The van der Waals surface area contributed by atoms with Crippen molar-refractivity contribution in [1.29, 1.82) is 0 Å². The van der Waals surface area contributed by atoms with E-state index in [4.69, 9.17) is 0 Å². The first-order chi connectivity index (χ1) is 10.1. The number of hydrogen-bond acceptors (Lipinski definition) is 2. The zero-order valence-electron chi connectivity index (χ0n) is 12.3. The van der Waals surface area contributed by atoms with E-state index >= 15 is 0 Å². The van der Waals surface area contributed by atoms with Gasteiger partial charge in [-0.1, -0.05) is 37.3 Å². The molecule has 0 unspecified atom stereocenters. The second-order valence-electron chi connectivity index (χ2n) is 5.47. The van der Waals surface area contributed by atoms with E-state index in [1.54, 1.807) is 4.90 Å². The molecular formula is C16H22N2O3. The molecule has 0 saturated carbocycles. The number of nitrogens with one attached hydrogen (secondary N) is 1. The van der Waals surface area contributed by atoms with Gasteiger partial charge in [0.05, 0.1) is 5.41 Å². The third-order valence-corrected chi connectivity index (χ3v) is 4.17. The molecule has 1 fully saturated rings. The number of likely N-dealkylation sites (tertiary alicyclic amines) is 1. The Morgan fingerprint density at radius 1 is 1.24 bits per heavy atom. The summed E-state index contributed by atoms with van der Waals surface area (Å²) in [5, 5.41) is 12.5. The maximum absolute atomic E-state index is 11.9. The second-order valence-corrected chi connectivity index (χ2v) is 5.47. The van der Waals surface area contributed by atoms with Crippen LogP contribution in [0, 0.1) is 0 Å². The number of aliphatic carboxylic acids is 1. The fourth-order valence-electron chi connectivity index (χ4n) is 2.82. The maximum atomic E-state index is 11.9. The van der Waals surface area contributed by atoms with Crippen LogP contribution < -0.4 is 5.32 Å². The van der Waals surface area contributed by atoms with Gasteiger partial charge in [-0.2, -0.15) is 0 Å². The minimum atomic E-state index is -0.872. The van der Waals surface area contributed by atoms with Crippen molar-refractivity contribution < 1.29 is 14.7 Å². The normalized spacial score (nSPS) is 17.3. The standard InChI is InChI=1S/C16H22N2O3/c1-2-10-17-15(21)18-11-8-16(9-12-18,14(19)20)13-6-4-3-5-7-13/h3-7H,2,8-12H2,1H3,(H,17,21)(H,19,20). The summed E-state index contributed by atoms with van der Waals surface area (Å²) in [6, 6.07) is 9.23. The van der Waals surface area contributed by atoms with Crippen LogP contribution in [0.5, 0.6) is 0 Å². The predicted molar refractivity (Wildman–Crippen MR) is 80.3 cm³/mol. The SMILES string of the molecule is CCCNC(=O)N1CCC(C(=O)O)(c2ccccc2)CC1. The highest BCUT2D eigenvalue weighted by molar-refractivity contribution is 5.82. The van der Waals surface area contributed by atoms with Crippen LogP contribution in [0.25, 0.3) is 0 Å². The Labute approximate surface area is 125 Å². The number of carbonyl (C=O) groups is 2. The number of hydrogen-bond donors (Lipinski definition) is 2. The molecule has 0 atom stereocenters. The molecule has 0 aromatic heterocycles. The molecule has 5 heteroatoms. The first-order valence-corrected chi connectivity index (χ1v) is 7.42. The van der Waals surface area contributed by atoms with Gasteiger partial charge in [-0.25, -0.2) is 4.79 Å². The molecule has 1 saturated heterocycles. The largest absolute Gasteiger partial charge is 0.481 e. The van der Waals surface area contributed by atoms with Crippen molar-refractivity contribution in [3.05, 3.63) is 35.9 Å². The Hall–Kier alpha value is -2.04. The zero-order chi connectivity index (χ0) is 15.3. The molecule has 114 valence electrons. The van der Waals surface area contributed by atoms with Crippen molar-refractivity contribution in [3.8, 4) is 0 Å². The van der Waals surface area contributed by atoms with Crippen LogP contribution in [0.15, 0.2) is 30.3 Å². The fourth-order valence-corrected chi connectivity index (χ4v) is 2.82. The number of piperidine rings is 1. The molecule has 2 amide bonds. The van der Waals surface area contributed by atoms with Gasteiger partial charge in [-0.05, 0) is 24.8 Å². The van der Waals surface area contributed by atoms with Crippen molar-refractivity contribution in [2.45, 2.75) is 31.6 Å². The van der Waals surface area contributed by atoms with Crippen molar-refractivity contribution >= 4 is 12.0 Å². The molecule has 0 spiro atoms. The second kappa shape index (κ2) is 6.61. The van der Waals surface area contributed by atoms with Gasteiger partial charge in [-0.3, -0.25) is 4.79 Å². The summed E-state index contributed by atoms with van der Waals surface area (Å²) < 4.78 is 0. The van der Waals surface area contributed by atoms with Crippen LogP contribution in [0.2, 0.25) is 0 Å². The van der Waals surface area contributed by atoms with E-state index in [1.807, 2.05) is 37.3 Å². The maximum Gasteiger partial charge on any atom is 0.317 e. The van der Waals surface area contributed by atoms with Crippen LogP contribution in [0.4, 0.5) is 4.79 Å². The number of rotatable bonds is 4. The summed E-state index contributed by atoms with van der Waals surface area (Å²) in [5.41, 5.74) is -0.0471. The van der Waals surface area contributed by atoms with Crippen molar-refractivity contribution in [2.75, 3.05) is 19.6 Å². The van der Waals surface area contributed by atoms with Gasteiger partial charge in [0.25, 0.3) is 0 Å². The lowest BCUT2D eigenvalue weighted by molar-refractivity contribution is -0.145. The van der Waals surface area contributed by atoms with Crippen LogP contribution >= 0.6 is 0 Å². The van der Waals surface area contributed by atoms with E-state index in [0.29, 0.717) is 32.5 Å². The minimum absolute atomic E-state index is 0.0936. The Morgan fingerprint density at radius 2 is 1.86 bits per heavy atom. The van der Waals surface area contributed by atoms with Crippen molar-refractivity contribution in [3.63, 3.8) is 0 Å². The highest BCUT2D eigenvalue weighted by Gasteiger charge is 2.43. The Balaban J connectivity index is 2.09. The first kappa shape index (κ1) is 15.4. The van der Waals surface area contributed by atoms with E-state index in [9.17, 15) is 14.7 Å². The molecule has 0 aliphatic carbocycles. The molecule has 0 radical (unpaired) electrons. The summed E-state index contributed by atoms with van der Waals surface area (Å²) in [6.45, 7) is 3.59. The quantitative estimate of drug-likeness (QED) is 0.893. The van der Waals surface area contributed by atoms with Crippen molar-refractivity contribution in [1.82, 2.24) is 10.2 Å². The molecule has 21 heavy (non-hydrogen) atoms. The molecule has 1 aromatic carbocycles. The Bertz CT molecular complexity index is 494. The van der Waals surface area contributed by atoms with E-state index in [2.05, 4.69) is 5.32 Å². The predicted octanol–water partition coefficient (Wildman–Crippen LogP) is 2.22. The van der Waals surface area contributed by atoms with E-state index in [1.165, 1.54) is 0 Å². The fraction of sp³-hybridized carbons (Fsp3) is 0.500. The Kier molecular flexibility index (Phi) is 4.83. The highest BCUT2D eigenvalue weighted by Crippen LogP contribution is 2.35. The molecular weight excluding hydrogens is 268 g/mol. The van der Waals surface area contributed by atoms with Crippen LogP contribution in [-0.2, 0) is 10.2 Å². The monoisotopic (exact) mass is 290 g/mol. The van der Waals surface area contributed by atoms with Crippen LogP contribution in [0.1, 0.15) is 31.7 Å². The minimum Gasteiger partial charge on any atom is -0.481 e. The van der Waals surface area contributed by atoms with Crippen LogP contribution in [0.3, 0.4) is 0 Å². The summed E-state index contributed by atoms with van der Waals surface area (Å²) in [5.74, 6) is -0.803. The third-order valence-electron chi connectivity index (χ3n) is 4.17. The lowest BCUT2D eigenvalue weighted by atomic mass is 9.73. The molecule has 1 aliphatic rings. The lowest BCUT2D eigenvalue weighted by Crippen LogP contribution is -2.51. The van der Waals surface area contributed by atoms with E-state index in [0.717, 1.165) is 12.0 Å². The van der Waals surface area contributed by atoms with Gasteiger partial charge in [0.15, 0.2) is 0 Å². The summed E-state index contributed by atoms with van der Waals surface area (Å²) >= 11 is 0. The summed E-state index contributed by atoms with van der Waals surface area (Å²) in [6.07, 6.45) is 1.79. The topological polar surface area (TPSA) is 69.6 Å². The van der Waals surface area contributed by atoms with Crippen molar-refractivity contribution in [2.24, 2.45) is 0 Å². The van der Waals surface area contributed by atoms with Gasteiger partial charge in [0.1, 0.15) is 0 Å². The molecule has 1 heterocycles. The van der Waals surface area contributed by atoms with Gasteiger partial charge in [-0.15, -0.1) is 0 Å². The molecule has 0 bridgehead atoms. The first-order valence-electron chi connectivity index (χ1n) is 7.42. The molecule has 2 rings (SSSR count). The molecule has 1 aromatic rings. The lowest BCUT2D eigenvalue weighted by Gasteiger charge is -2.39. The zero-order valence-corrected chi connectivity index (χ0v) is 12.3. The van der Waals surface area contributed by atoms with Gasteiger partial charge < -0.3 is 15.3 Å². The van der Waals surface area contributed by atoms with Gasteiger partial charge in [0, 0.05) is 19.6 Å². The number of carboxylic acids is 1. The van der Waals surface area contributed by atoms with E-state index in [-0.39, 0.29) is 6.03 Å². The number of carboxylic acid groups (broad SMARTS) is 1. The van der Waals surface area contributed by atoms with Gasteiger partial charge in [0.2, 0.25) is 0 Å². The van der Waals surface area contributed by atoms with E-state index < -0.39 is 11.4 Å². The number of nitrogens with zero attached hydrogens (tertiary/aromatic N) is 1. The highest BCUT2D eigenvalue weighted by atomic mass is 16.4. The number of carbonyl (C=O) groups excluding carboxylic acids is 1. The number of benzene rings is 1. The molecule has 2 N–H and O–H groups in total. The van der Waals surface area contributed by atoms with Crippen LogP contribution in [-0.4, -0.2) is 41.6 Å². The van der Waals surface area contributed by atoms with Gasteiger partial charge >= 0.3 is 12.0 Å². The molecule has 1 aliphatic heterocycles. The third kappa shape index (κ3) is 3.17. The summed E-state index contributed by atoms with van der Waals surface area (Å²) in [7, 11) is 0. The Morgan fingerprint density at radius 3 is 2.38 bits per heavy atom. The summed E-state index contributed by atoms with van der Waals surface area (Å²) in [4.78, 5) is 25.5. The molecule has 5 nitrogen and oxygen atoms in total. The average molecular weight is 290 g/mol. The average Bonchev–Trinajstić information content (AvgIpc) is 2.53. The number of amides is 2. The smallest absolute Gasteiger partial charge is 0.317 e. The number of urea groups is 1.